The summed E-state index contributed by atoms with van der Waals surface area (Å²) in [5.74, 6) is 0.208. The van der Waals surface area contributed by atoms with Gasteiger partial charge < -0.3 is 10.0 Å². The second-order valence-electron chi connectivity index (χ2n) is 5.52. The Balaban J connectivity index is 1.77. The first-order chi connectivity index (χ1) is 10.0. The van der Waals surface area contributed by atoms with E-state index < -0.39 is 5.97 Å². The molecule has 0 saturated heterocycles. The Kier molecular flexibility index (Phi) is 5.67. The van der Waals surface area contributed by atoms with Gasteiger partial charge in [0.1, 0.15) is 6.54 Å². The number of aryl methyl sites for hydroxylation is 1. The van der Waals surface area contributed by atoms with Crippen molar-refractivity contribution >= 4 is 23.6 Å². The molecule has 21 heavy (non-hydrogen) atoms. The monoisotopic (exact) mass is 307 g/mol. The van der Waals surface area contributed by atoms with Crippen LogP contribution in [-0.4, -0.2) is 40.7 Å². The number of carbonyl (C=O) groups is 2. The number of hydrogen-bond acceptors (Lipinski definition) is 3. The van der Waals surface area contributed by atoms with Crippen molar-refractivity contribution in [1.82, 2.24) is 4.90 Å². The molecule has 5 heteroatoms. The van der Waals surface area contributed by atoms with Crippen molar-refractivity contribution in [3.8, 4) is 0 Å². The van der Waals surface area contributed by atoms with Gasteiger partial charge in [-0.05, 0) is 37.8 Å². The minimum absolute atomic E-state index is 0.0519. The van der Waals surface area contributed by atoms with Crippen LogP contribution < -0.4 is 0 Å². The molecule has 1 aliphatic carbocycles. The fourth-order valence-electron chi connectivity index (χ4n) is 2.08. The minimum atomic E-state index is -0.935. The normalized spacial score (nSPS) is 14.0. The van der Waals surface area contributed by atoms with Crippen molar-refractivity contribution in [1.29, 1.82) is 0 Å². The highest BCUT2D eigenvalue weighted by Gasteiger charge is 2.27. The molecule has 0 atom stereocenters. The third kappa shape index (κ3) is 5.79. The van der Waals surface area contributed by atoms with Crippen molar-refractivity contribution in [2.45, 2.75) is 31.1 Å². The van der Waals surface area contributed by atoms with E-state index in [0.29, 0.717) is 24.6 Å². The number of carboxylic acids is 1. The molecular formula is C16H21NO3S. The van der Waals surface area contributed by atoms with E-state index in [0.717, 1.165) is 17.7 Å². The number of carbonyl (C=O) groups excluding carboxylic acids is 1. The van der Waals surface area contributed by atoms with Crippen LogP contribution in [0.3, 0.4) is 0 Å². The van der Waals surface area contributed by atoms with E-state index in [-0.39, 0.29) is 12.5 Å². The molecule has 1 fully saturated rings. The van der Waals surface area contributed by atoms with Gasteiger partial charge in [-0.2, -0.15) is 0 Å². The van der Waals surface area contributed by atoms with Crippen molar-refractivity contribution in [2.24, 2.45) is 5.92 Å². The summed E-state index contributed by atoms with van der Waals surface area (Å²) in [5.41, 5.74) is 1.22. The molecule has 2 rings (SSSR count). The lowest BCUT2D eigenvalue weighted by Gasteiger charge is -2.20. The molecule has 1 aromatic rings. The van der Waals surface area contributed by atoms with E-state index in [2.05, 4.69) is 0 Å². The predicted molar refractivity (Wildman–Crippen MR) is 83.5 cm³/mol. The first kappa shape index (κ1) is 15.9. The van der Waals surface area contributed by atoms with E-state index in [1.165, 1.54) is 10.5 Å². The minimum Gasteiger partial charge on any atom is -0.480 e. The van der Waals surface area contributed by atoms with Crippen LogP contribution in [0.15, 0.2) is 29.2 Å². The lowest BCUT2D eigenvalue weighted by atomic mass is 10.2. The van der Waals surface area contributed by atoms with Crippen LogP contribution in [-0.2, 0) is 9.59 Å². The van der Waals surface area contributed by atoms with E-state index in [9.17, 15) is 9.59 Å². The van der Waals surface area contributed by atoms with Crippen LogP contribution in [0.2, 0.25) is 0 Å². The molecular weight excluding hydrogens is 286 g/mol. The predicted octanol–water partition coefficient (Wildman–Crippen LogP) is 2.80. The highest BCUT2D eigenvalue weighted by molar-refractivity contribution is 7.99. The molecule has 1 aliphatic rings. The summed E-state index contributed by atoms with van der Waals surface area (Å²) in [6, 6.07) is 8.19. The Bertz CT molecular complexity index is 497. The smallest absolute Gasteiger partial charge is 0.323 e. The Morgan fingerprint density at radius 3 is 2.52 bits per heavy atom. The molecule has 0 unspecified atom stereocenters. The fourth-order valence-corrected chi connectivity index (χ4v) is 2.92. The van der Waals surface area contributed by atoms with Crippen LogP contribution in [0.4, 0.5) is 0 Å². The Morgan fingerprint density at radius 1 is 1.29 bits per heavy atom. The summed E-state index contributed by atoms with van der Waals surface area (Å²) < 4.78 is 0. The van der Waals surface area contributed by atoms with Gasteiger partial charge in [0.15, 0.2) is 0 Å². The average Bonchev–Trinajstić information content (AvgIpc) is 3.23. The van der Waals surface area contributed by atoms with E-state index >= 15 is 0 Å². The summed E-state index contributed by atoms with van der Waals surface area (Å²) in [7, 11) is 0. The largest absolute Gasteiger partial charge is 0.480 e. The van der Waals surface area contributed by atoms with Crippen molar-refractivity contribution in [3.63, 3.8) is 0 Å². The third-order valence-corrected chi connectivity index (χ3v) is 4.47. The van der Waals surface area contributed by atoms with Gasteiger partial charge in [0, 0.05) is 23.6 Å². The zero-order valence-corrected chi connectivity index (χ0v) is 13.1. The number of benzene rings is 1. The number of nitrogens with zero attached hydrogens (tertiary/aromatic N) is 1. The number of aliphatic carboxylic acids is 1. The van der Waals surface area contributed by atoms with E-state index in [4.69, 9.17) is 5.11 Å². The first-order valence-electron chi connectivity index (χ1n) is 7.23. The average molecular weight is 307 g/mol. The number of carboxylic acid groups (broad SMARTS) is 1. The molecule has 1 saturated carbocycles. The summed E-state index contributed by atoms with van der Waals surface area (Å²) in [4.78, 5) is 25.6. The quantitative estimate of drug-likeness (QED) is 0.750. The Morgan fingerprint density at radius 2 is 1.95 bits per heavy atom. The number of thioether (sulfide) groups is 1. The van der Waals surface area contributed by atoms with Gasteiger partial charge in [-0.3, -0.25) is 9.59 Å². The van der Waals surface area contributed by atoms with E-state index in [1.54, 1.807) is 11.8 Å². The van der Waals surface area contributed by atoms with Crippen molar-refractivity contribution in [2.75, 3.05) is 18.8 Å². The maximum absolute atomic E-state index is 12.1. The zero-order valence-electron chi connectivity index (χ0n) is 12.2. The van der Waals surface area contributed by atoms with Crippen LogP contribution in [0.1, 0.15) is 24.8 Å². The second-order valence-corrected chi connectivity index (χ2v) is 6.69. The standard InChI is InChI=1S/C16H21NO3S/c1-12-2-6-14(7-3-12)21-9-8-15(18)17(11-16(19)20)10-13-4-5-13/h2-3,6-7,13H,4-5,8-11H2,1H3,(H,19,20). The summed E-state index contributed by atoms with van der Waals surface area (Å²) in [6.07, 6.45) is 2.61. The van der Waals surface area contributed by atoms with Crippen LogP contribution >= 0.6 is 11.8 Å². The van der Waals surface area contributed by atoms with E-state index in [1.807, 2.05) is 31.2 Å². The lowest BCUT2D eigenvalue weighted by molar-refractivity contribution is -0.144. The molecule has 0 radical (unpaired) electrons. The van der Waals surface area contributed by atoms with Gasteiger partial charge in [-0.25, -0.2) is 0 Å². The Labute approximate surface area is 129 Å². The number of amides is 1. The van der Waals surface area contributed by atoms with Crippen LogP contribution in [0.5, 0.6) is 0 Å². The first-order valence-corrected chi connectivity index (χ1v) is 8.22. The number of rotatable bonds is 8. The second kappa shape index (κ2) is 7.50. The fraction of sp³-hybridized carbons (Fsp3) is 0.500. The maximum Gasteiger partial charge on any atom is 0.323 e. The van der Waals surface area contributed by atoms with Crippen molar-refractivity contribution in [3.05, 3.63) is 29.8 Å². The molecule has 0 bridgehead atoms. The summed E-state index contributed by atoms with van der Waals surface area (Å²) in [6.45, 7) is 2.46. The molecule has 114 valence electrons. The molecule has 0 aromatic heterocycles. The topological polar surface area (TPSA) is 57.6 Å². The highest BCUT2D eigenvalue weighted by atomic mass is 32.2. The maximum atomic E-state index is 12.1. The SMILES string of the molecule is Cc1ccc(SCCC(=O)N(CC(=O)O)CC2CC2)cc1. The molecule has 1 aromatic carbocycles. The van der Waals surface area contributed by atoms with Crippen LogP contribution in [0.25, 0.3) is 0 Å². The molecule has 1 N–H and O–H groups in total. The molecule has 1 amide bonds. The third-order valence-electron chi connectivity index (χ3n) is 3.46. The molecule has 0 heterocycles. The van der Waals surface area contributed by atoms with Gasteiger partial charge in [0.25, 0.3) is 0 Å². The molecule has 0 spiro atoms. The van der Waals surface area contributed by atoms with Gasteiger partial charge >= 0.3 is 5.97 Å². The zero-order chi connectivity index (χ0) is 15.2. The van der Waals surface area contributed by atoms with Gasteiger partial charge in [0.05, 0.1) is 0 Å². The van der Waals surface area contributed by atoms with Gasteiger partial charge in [-0.1, -0.05) is 17.7 Å². The summed E-state index contributed by atoms with van der Waals surface area (Å²) in [5, 5.41) is 8.90. The van der Waals surface area contributed by atoms with Crippen molar-refractivity contribution < 1.29 is 14.7 Å². The van der Waals surface area contributed by atoms with Gasteiger partial charge in [0.2, 0.25) is 5.91 Å². The molecule has 0 aliphatic heterocycles. The molecule has 4 nitrogen and oxygen atoms in total. The number of hydrogen-bond donors (Lipinski definition) is 1. The lowest BCUT2D eigenvalue weighted by Crippen LogP contribution is -2.37. The highest BCUT2D eigenvalue weighted by Crippen LogP contribution is 2.30. The van der Waals surface area contributed by atoms with Gasteiger partial charge in [-0.15, -0.1) is 11.8 Å². The van der Waals surface area contributed by atoms with Crippen LogP contribution in [0, 0.1) is 12.8 Å². The summed E-state index contributed by atoms with van der Waals surface area (Å²) >= 11 is 1.63. The Hall–Kier alpha value is -1.49.